The molecule has 1 aliphatic heterocycles. The van der Waals surface area contributed by atoms with Crippen LogP contribution in [0, 0.1) is 11.8 Å². The van der Waals surface area contributed by atoms with Crippen molar-refractivity contribution in [2.45, 2.75) is 84.8 Å². The van der Waals surface area contributed by atoms with Crippen molar-refractivity contribution in [3.63, 3.8) is 0 Å². The molecule has 1 rings (SSSR count). The second-order valence-electron chi connectivity index (χ2n) is 8.47. The smallest absolute Gasteiger partial charge is 0.302 e. The number of esters is 1. The predicted octanol–water partition coefficient (Wildman–Crippen LogP) is 4.38. The molecule has 0 saturated carbocycles. The van der Waals surface area contributed by atoms with Crippen LogP contribution in [0.25, 0.3) is 0 Å². The van der Waals surface area contributed by atoms with Crippen LogP contribution in [0.4, 0.5) is 0 Å². The van der Waals surface area contributed by atoms with E-state index in [0.29, 0.717) is 18.9 Å². The zero-order valence-corrected chi connectivity index (χ0v) is 18.3. The van der Waals surface area contributed by atoms with Gasteiger partial charge in [-0.05, 0) is 51.0 Å². The van der Waals surface area contributed by atoms with E-state index in [1.807, 2.05) is 19.9 Å². The third kappa shape index (κ3) is 8.27. The van der Waals surface area contributed by atoms with Gasteiger partial charge in [0.25, 0.3) is 0 Å². The summed E-state index contributed by atoms with van der Waals surface area (Å²) >= 11 is 0. The number of rotatable bonds is 14. The number of Topliss-reactive ketones (excluding diaryl/α,β-unsaturated/α-hetero) is 1. The van der Waals surface area contributed by atoms with Crippen molar-refractivity contribution in [2.24, 2.45) is 11.8 Å². The zero-order chi connectivity index (χ0) is 21.3. The Morgan fingerprint density at radius 2 is 1.96 bits per heavy atom. The van der Waals surface area contributed by atoms with Gasteiger partial charge >= 0.3 is 5.97 Å². The van der Waals surface area contributed by atoms with Crippen LogP contribution in [0.15, 0.2) is 23.8 Å². The van der Waals surface area contributed by atoms with Crippen LogP contribution in [-0.2, 0) is 19.1 Å². The van der Waals surface area contributed by atoms with Gasteiger partial charge in [-0.1, -0.05) is 38.5 Å². The third-order valence-electron chi connectivity index (χ3n) is 5.70. The van der Waals surface area contributed by atoms with Gasteiger partial charge in [0.2, 0.25) is 0 Å². The van der Waals surface area contributed by atoms with Crippen LogP contribution in [-0.4, -0.2) is 41.8 Å². The molecule has 0 aliphatic carbocycles. The quantitative estimate of drug-likeness (QED) is 0.269. The molecule has 28 heavy (non-hydrogen) atoms. The van der Waals surface area contributed by atoms with Gasteiger partial charge in [0, 0.05) is 19.3 Å². The number of carbonyl (C=O) groups excluding carboxylic acids is 2. The summed E-state index contributed by atoms with van der Waals surface area (Å²) in [6.07, 6.45) is 6.55. The Balaban J connectivity index is 2.32. The number of hydrogen-bond donors (Lipinski definition) is 1. The summed E-state index contributed by atoms with van der Waals surface area (Å²) in [6, 6.07) is 0. The van der Waals surface area contributed by atoms with E-state index in [4.69, 9.17) is 9.47 Å². The molecular formula is C23H38O5. The average molecular weight is 395 g/mol. The van der Waals surface area contributed by atoms with Crippen LogP contribution in [0.1, 0.15) is 73.1 Å². The second-order valence-corrected chi connectivity index (χ2v) is 8.47. The number of allylic oxidation sites excluding steroid dienone is 2. The molecule has 1 heterocycles. The van der Waals surface area contributed by atoms with Gasteiger partial charge in [-0.2, -0.15) is 0 Å². The second kappa shape index (κ2) is 11.5. The van der Waals surface area contributed by atoms with Crippen LogP contribution in [0.5, 0.6) is 0 Å². The number of aliphatic hydroxyl groups is 1. The Kier molecular flexibility index (Phi) is 10.1. The van der Waals surface area contributed by atoms with Gasteiger partial charge in [0.1, 0.15) is 18.0 Å². The summed E-state index contributed by atoms with van der Waals surface area (Å²) in [4.78, 5) is 23.1. The van der Waals surface area contributed by atoms with Crippen molar-refractivity contribution in [1.82, 2.24) is 0 Å². The van der Waals surface area contributed by atoms with Gasteiger partial charge in [-0.15, -0.1) is 0 Å². The van der Waals surface area contributed by atoms with Crippen LogP contribution >= 0.6 is 0 Å². The summed E-state index contributed by atoms with van der Waals surface area (Å²) < 4.78 is 10.7. The Labute approximate surface area is 170 Å². The molecule has 1 fully saturated rings. The van der Waals surface area contributed by atoms with E-state index in [9.17, 15) is 14.7 Å². The highest BCUT2D eigenvalue weighted by atomic mass is 16.6. The van der Waals surface area contributed by atoms with Gasteiger partial charge in [-0.3, -0.25) is 9.59 Å². The fraction of sp³-hybridized carbons (Fsp3) is 0.739. The minimum Gasteiger partial charge on any atom is -0.462 e. The molecule has 1 saturated heterocycles. The monoisotopic (exact) mass is 394 g/mol. The topological polar surface area (TPSA) is 76.1 Å². The molecule has 0 bridgehead atoms. The lowest BCUT2D eigenvalue weighted by atomic mass is 9.89. The molecule has 0 spiro atoms. The number of ketones is 1. The van der Waals surface area contributed by atoms with E-state index < -0.39 is 5.60 Å². The Bertz CT molecular complexity index is 578. The fourth-order valence-corrected chi connectivity index (χ4v) is 3.24. The molecule has 160 valence electrons. The van der Waals surface area contributed by atoms with Crippen molar-refractivity contribution in [3.8, 4) is 0 Å². The van der Waals surface area contributed by atoms with E-state index >= 15 is 0 Å². The average Bonchev–Trinajstić information content (AvgIpc) is 3.32. The normalized spacial score (nSPS) is 22.8. The molecule has 1 aliphatic rings. The van der Waals surface area contributed by atoms with Gasteiger partial charge in [-0.25, -0.2) is 0 Å². The molecule has 5 heteroatoms. The van der Waals surface area contributed by atoms with E-state index in [2.05, 4.69) is 20.4 Å². The lowest BCUT2D eigenvalue weighted by Gasteiger charge is -2.15. The highest BCUT2D eigenvalue weighted by Crippen LogP contribution is 2.44. The molecule has 0 radical (unpaired) electrons. The predicted molar refractivity (Wildman–Crippen MR) is 111 cm³/mol. The molecule has 1 N–H and O–H groups in total. The molecule has 0 aromatic carbocycles. The van der Waals surface area contributed by atoms with Crippen LogP contribution in [0.3, 0.4) is 0 Å². The maximum atomic E-state index is 12.3. The van der Waals surface area contributed by atoms with Crippen LogP contribution < -0.4 is 0 Å². The van der Waals surface area contributed by atoms with Crippen molar-refractivity contribution < 1.29 is 24.2 Å². The van der Waals surface area contributed by atoms with E-state index in [1.165, 1.54) is 6.92 Å². The van der Waals surface area contributed by atoms with Gasteiger partial charge < -0.3 is 14.6 Å². The summed E-state index contributed by atoms with van der Waals surface area (Å²) in [5.74, 6) is 0.310. The summed E-state index contributed by atoms with van der Waals surface area (Å²) in [6.45, 7) is 13.8. The number of epoxide rings is 1. The SMILES string of the molecule is C=C(CC(=O)[C@H](C)CCC[C@@]1(CO)O[C@H]1CC/C(C)=C/COC(C)=O)C(C)C. The lowest BCUT2D eigenvalue weighted by Crippen LogP contribution is -2.21. The highest BCUT2D eigenvalue weighted by Gasteiger charge is 2.54. The maximum absolute atomic E-state index is 12.3. The lowest BCUT2D eigenvalue weighted by molar-refractivity contribution is -0.139. The van der Waals surface area contributed by atoms with E-state index in [-0.39, 0.29) is 30.4 Å². The minimum atomic E-state index is -0.444. The minimum absolute atomic E-state index is 0.00916. The van der Waals surface area contributed by atoms with Crippen molar-refractivity contribution in [2.75, 3.05) is 13.2 Å². The standard InChI is InChI=1S/C23H38O5/c1-16(2)19(5)14-21(26)18(4)8-7-12-23(15-24)22(28-23)10-9-17(3)11-13-27-20(6)25/h11,16,18,22,24H,5,7-10,12-15H2,1-4,6H3/b17-11+/t18-,22+,23+/m1/s1. The maximum Gasteiger partial charge on any atom is 0.302 e. The first-order valence-corrected chi connectivity index (χ1v) is 10.4. The molecule has 0 aromatic rings. The summed E-state index contributed by atoms with van der Waals surface area (Å²) in [7, 11) is 0. The molecule has 5 nitrogen and oxygen atoms in total. The largest absolute Gasteiger partial charge is 0.462 e. The summed E-state index contributed by atoms with van der Waals surface area (Å²) in [5.41, 5.74) is 1.69. The molecule has 0 amide bonds. The van der Waals surface area contributed by atoms with Crippen molar-refractivity contribution in [1.29, 1.82) is 0 Å². The molecular weight excluding hydrogens is 356 g/mol. The number of ether oxygens (including phenoxy) is 2. The Morgan fingerprint density at radius 3 is 2.54 bits per heavy atom. The van der Waals surface area contributed by atoms with Crippen molar-refractivity contribution in [3.05, 3.63) is 23.8 Å². The first kappa shape index (κ1) is 24.6. The van der Waals surface area contributed by atoms with Crippen LogP contribution in [0.2, 0.25) is 0 Å². The fourth-order valence-electron chi connectivity index (χ4n) is 3.24. The van der Waals surface area contributed by atoms with Crippen molar-refractivity contribution >= 4 is 11.8 Å². The molecule has 0 aromatic heterocycles. The molecule has 3 atom stereocenters. The zero-order valence-electron chi connectivity index (χ0n) is 18.3. The highest BCUT2D eigenvalue weighted by molar-refractivity contribution is 5.82. The Hall–Kier alpha value is -1.46. The van der Waals surface area contributed by atoms with Gasteiger partial charge in [0.05, 0.1) is 12.7 Å². The van der Waals surface area contributed by atoms with E-state index in [1.54, 1.807) is 0 Å². The number of hydrogen-bond acceptors (Lipinski definition) is 5. The number of aliphatic hydroxyl groups excluding tert-OH is 1. The molecule has 0 unspecified atom stereocenters. The Morgan fingerprint density at radius 1 is 1.29 bits per heavy atom. The first-order chi connectivity index (χ1) is 13.1. The number of carbonyl (C=O) groups is 2. The van der Waals surface area contributed by atoms with E-state index in [0.717, 1.165) is 43.3 Å². The summed E-state index contributed by atoms with van der Waals surface area (Å²) in [5, 5.41) is 9.77. The third-order valence-corrected chi connectivity index (χ3v) is 5.70. The first-order valence-electron chi connectivity index (χ1n) is 10.4. The van der Waals surface area contributed by atoms with Gasteiger partial charge in [0.15, 0.2) is 0 Å².